The molecule has 12 heteroatoms. The lowest BCUT2D eigenvalue weighted by Gasteiger charge is -2.37. The highest BCUT2D eigenvalue weighted by atomic mass is 32.2. The second-order valence-electron chi connectivity index (χ2n) is 10.5. The first-order valence-corrected chi connectivity index (χ1v) is 15.9. The average Bonchev–Trinajstić information content (AvgIpc) is 3.57. The summed E-state index contributed by atoms with van der Waals surface area (Å²) in [5.74, 6) is 0.563. The van der Waals surface area contributed by atoms with Gasteiger partial charge in [-0.1, -0.05) is 37.0 Å². The molecule has 0 amide bonds. The third-order valence-corrected chi connectivity index (χ3v) is 9.94. The molecule has 0 unspecified atom stereocenters. The van der Waals surface area contributed by atoms with Gasteiger partial charge in [-0.2, -0.15) is 0 Å². The Labute approximate surface area is 238 Å². The molecule has 0 bridgehead atoms. The molecule has 218 valence electrons. The van der Waals surface area contributed by atoms with E-state index in [1.54, 1.807) is 6.07 Å². The van der Waals surface area contributed by atoms with Gasteiger partial charge in [-0.15, -0.1) is 0 Å². The summed E-state index contributed by atoms with van der Waals surface area (Å²) in [6.07, 6.45) is 9.33. The van der Waals surface area contributed by atoms with Crippen molar-refractivity contribution in [3.05, 3.63) is 42.2 Å². The Kier molecular flexibility index (Phi) is 10.2. The molecule has 3 N–H and O–H groups in total. The predicted octanol–water partition coefficient (Wildman–Crippen LogP) is 5.79. The zero-order valence-electron chi connectivity index (χ0n) is 22.8. The number of aromatic nitrogens is 1. The van der Waals surface area contributed by atoms with Crippen LogP contribution >= 0.6 is 11.3 Å². The van der Waals surface area contributed by atoms with E-state index in [1.165, 1.54) is 55.6 Å². The van der Waals surface area contributed by atoms with E-state index in [-0.39, 0.29) is 17.6 Å². The lowest BCUT2D eigenvalue weighted by Crippen LogP contribution is -2.45. The van der Waals surface area contributed by atoms with Gasteiger partial charge in [-0.25, -0.2) is 17.8 Å². The van der Waals surface area contributed by atoms with Gasteiger partial charge in [0.2, 0.25) is 0 Å². The number of hydrogen-bond donors (Lipinski definition) is 3. The van der Waals surface area contributed by atoms with Gasteiger partial charge in [-0.05, 0) is 82.1 Å². The molecule has 2 aliphatic carbocycles. The number of fused-ring (bicyclic) bond motifs is 1. The highest BCUT2D eigenvalue weighted by Gasteiger charge is 2.27. The van der Waals surface area contributed by atoms with Gasteiger partial charge >= 0.3 is 0 Å². The smallest absolute Gasteiger partial charge is 0.290 e. The number of sulfonamides is 1. The second-order valence-corrected chi connectivity index (χ2v) is 13.2. The van der Waals surface area contributed by atoms with Crippen LogP contribution in [0.2, 0.25) is 0 Å². The minimum absolute atomic E-state index is 0.193. The van der Waals surface area contributed by atoms with Gasteiger partial charge < -0.3 is 20.1 Å². The molecule has 2 aliphatic rings. The van der Waals surface area contributed by atoms with Crippen molar-refractivity contribution in [2.45, 2.75) is 68.3 Å². The Morgan fingerprint density at radius 2 is 1.80 bits per heavy atom. The van der Waals surface area contributed by atoms with Crippen LogP contribution in [0, 0.1) is 11.7 Å². The molecule has 9 nitrogen and oxygen atoms in total. The number of thiazole rings is 1. The number of ether oxygens (including phenoxy) is 1. The van der Waals surface area contributed by atoms with E-state index < -0.39 is 20.7 Å². The van der Waals surface area contributed by atoms with Crippen LogP contribution in [0.15, 0.2) is 41.3 Å². The van der Waals surface area contributed by atoms with Crippen molar-refractivity contribution >= 4 is 48.9 Å². The molecule has 3 aromatic rings. The van der Waals surface area contributed by atoms with Crippen molar-refractivity contribution in [2.75, 3.05) is 30.7 Å². The Hall–Kier alpha value is -2.96. The number of hydrogen-bond acceptors (Lipinski definition) is 8. The SMILES string of the molecule is CN(C)[C@H]1CCCC[C@@H]1Nc1ccc(S(=O)(=O)Nc2nc3ccc(OCC4CCCC4)cc3s2)c(F)c1.O=CO. The first-order chi connectivity index (χ1) is 19.2. The van der Waals surface area contributed by atoms with Crippen LogP contribution in [0.4, 0.5) is 15.2 Å². The molecular formula is C28H37FN4O5S2. The number of benzene rings is 2. The number of carbonyl (C=O) groups is 1. The zero-order chi connectivity index (χ0) is 28.7. The lowest BCUT2D eigenvalue weighted by atomic mass is 9.89. The number of anilines is 2. The third kappa shape index (κ3) is 7.61. The molecule has 2 saturated carbocycles. The Morgan fingerprint density at radius 3 is 2.50 bits per heavy atom. The molecule has 0 aliphatic heterocycles. The van der Waals surface area contributed by atoms with E-state index in [0.29, 0.717) is 29.8 Å². The van der Waals surface area contributed by atoms with Crippen molar-refractivity contribution in [3.63, 3.8) is 0 Å². The summed E-state index contributed by atoms with van der Waals surface area (Å²) in [4.78, 5) is 14.5. The summed E-state index contributed by atoms with van der Waals surface area (Å²) in [5.41, 5.74) is 1.25. The quantitative estimate of drug-likeness (QED) is 0.267. The molecule has 1 aromatic heterocycles. The largest absolute Gasteiger partial charge is 0.493 e. The predicted molar refractivity (Wildman–Crippen MR) is 156 cm³/mol. The van der Waals surface area contributed by atoms with Gasteiger partial charge in [0.05, 0.1) is 16.8 Å². The number of nitrogens with zero attached hydrogens (tertiary/aromatic N) is 2. The van der Waals surface area contributed by atoms with Crippen molar-refractivity contribution in [3.8, 4) is 5.75 Å². The van der Waals surface area contributed by atoms with Gasteiger partial charge in [0.15, 0.2) is 5.13 Å². The zero-order valence-corrected chi connectivity index (χ0v) is 24.4. The molecule has 2 fully saturated rings. The Bertz CT molecular complexity index is 1390. The maximum Gasteiger partial charge on any atom is 0.290 e. The molecule has 2 atom stereocenters. The number of likely N-dealkylation sites (N-methyl/N-ethyl adjacent to an activating group) is 1. The monoisotopic (exact) mass is 592 g/mol. The van der Waals surface area contributed by atoms with Crippen LogP contribution < -0.4 is 14.8 Å². The second kappa shape index (κ2) is 13.6. The minimum Gasteiger partial charge on any atom is -0.493 e. The van der Waals surface area contributed by atoms with Gasteiger partial charge in [0.25, 0.3) is 16.5 Å². The van der Waals surface area contributed by atoms with E-state index in [4.69, 9.17) is 14.6 Å². The normalized spacial score (nSPS) is 19.7. The molecule has 0 radical (unpaired) electrons. The third-order valence-electron chi connectivity index (χ3n) is 7.51. The summed E-state index contributed by atoms with van der Waals surface area (Å²) in [5, 5.41) is 10.5. The summed E-state index contributed by atoms with van der Waals surface area (Å²) in [6, 6.07) is 10.3. The van der Waals surface area contributed by atoms with E-state index >= 15 is 4.39 Å². The molecule has 5 rings (SSSR count). The first-order valence-electron chi connectivity index (χ1n) is 13.6. The van der Waals surface area contributed by atoms with Crippen LogP contribution in [-0.2, 0) is 14.8 Å². The fourth-order valence-corrected chi connectivity index (χ4v) is 7.71. The van der Waals surface area contributed by atoms with Crippen LogP contribution in [0.5, 0.6) is 5.75 Å². The highest BCUT2D eigenvalue weighted by molar-refractivity contribution is 7.93. The van der Waals surface area contributed by atoms with Crippen molar-refractivity contribution in [1.82, 2.24) is 9.88 Å². The summed E-state index contributed by atoms with van der Waals surface area (Å²) in [7, 11) is -0.0325. The van der Waals surface area contributed by atoms with Crippen molar-refractivity contribution in [1.29, 1.82) is 0 Å². The van der Waals surface area contributed by atoms with Crippen LogP contribution in [0.1, 0.15) is 51.4 Å². The maximum absolute atomic E-state index is 15.0. The van der Waals surface area contributed by atoms with Crippen molar-refractivity contribution < 1.29 is 27.4 Å². The maximum atomic E-state index is 15.0. The number of rotatable bonds is 9. The lowest BCUT2D eigenvalue weighted by molar-refractivity contribution is -0.122. The fourth-order valence-electron chi connectivity index (χ4n) is 5.52. The fraction of sp³-hybridized carbons (Fsp3) is 0.500. The average molecular weight is 593 g/mol. The minimum atomic E-state index is -4.14. The summed E-state index contributed by atoms with van der Waals surface area (Å²) >= 11 is 1.21. The van der Waals surface area contributed by atoms with E-state index in [0.717, 1.165) is 29.7 Å². The van der Waals surface area contributed by atoms with Crippen LogP contribution in [0.25, 0.3) is 10.2 Å². The van der Waals surface area contributed by atoms with Gasteiger partial charge in [-0.3, -0.25) is 9.52 Å². The molecule has 2 aromatic carbocycles. The van der Waals surface area contributed by atoms with Gasteiger partial charge in [0, 0.05) is 17.8 Å². The van der Waals surface area contributed by atoms with Crippen LogP contribution in [0.3, 0.4) is 0 Å². The molecule has 1 heterocycles. The molecule has 40 heavy (non-hydrogen) atoms. The molecule has 0 spiro atoms. The van der Waals surface area contributed by atoms with E-state index in [2.05, 4.69) is 34.0 Å². The standard InChI is InChI=1S/C27H35FN4O3S2.CH2O2/c1-32(2)24-10-6-5-9-22(24)29-19-11-14-26(21(28)15-19)37(33,34)31-27-30-23-13-12-20(16-25(23)36-27)35-17-18-7-3-4-8-18;2-1-3/h11-16,18,22,24,29H,3-10,17H2,1-2H3,(H,30,31);1H,(H,2,3)/t22-,24-;/m0./s1. The topological polar surface area (TPSA) is 121 Å². The van der Waals surface area contributed by atoms with E-state index in [9.17, 15) is 8.42 Å². The Balaban J connectivity index is 0.00000118. The number of nitrogens with one attached hydrogen (secondary N) is 2. The first kappa shape index (κ1) is 30.0. The van der Waals surface area contributed by atoms with Crippen molar-refractivity contribution in [2.24, 2.45) is 5.92 Å². The molecule has 0 saturated heterocycles. The molecular weight excluding hydrogens is 555 g/mol. The van der Waals surface area contributed by atoms with Gasteiger partial charge in [0.1, 0.15) is 16.5 Å². The highest BCUT2D eigenvalue weighted by Crippen LogP contribution is 2.33. The Morgan fingerprint density at radius 1 is 1.10 bits per heavy atom. The number of halogens is 1. The van der Waals surface area contributed by atoms with E-state index in [1.807, 2.05) is 18.2 Å². The van der Waals surface area contributed by atoms with Crippen LogP contribution in [-0.4, -0.2) is 62.7 Å². The summed E-state index contributed by atoms with van der Waals surface area (Å²) < 4.78 is 50.3. The number of carboxylic acid groups (broad SMARTS) is 1. The summed E-state index contributed by atoms with van der Waals surface area (Å²) in [6.45, 7) is 0.449.